The molecule has 1 fully saturated rings. The molecule has 2 unspecified atom stereocenters. The van der Waals surface area contributed by atoms with Gasteiger partial charge >= 0.3 is 0 Å². The average Bonchev–Trinajstić information content (AvgIpc) is 2.43. The third-order valence-electron chi connectivity index (χ3n) is 3.56. The zero-order valence-electron chi connectivity index (χ0n) is 11.2. The zero-order valence-corrected chi connectivity index (χ0v) is 11.2. The highest BCUT2D eigenvalue weighted by molar-refractivity contribution is 5.25. The Hall–Kier alpha value is -1.01. The number of nitrogens with two attached hydrogens (primary N) is 1. The SMILES string of the molecule is CC1COC(CO)CN1Cc1cc(CN)ccc1F. The minimum absolute atomic E-state index is 0.00541. The summed E-state index contributed by atoms with van der Waals surface area (Å²) in [6, 6.07) is 5.19. The van der Waals surface area contributed by atoms with E-state index < -0.39 is 0 Å². The number of nitrogens with zero attached hydrogens (tertiary/aromatic N) is 1. The summed E-state index contributed by atoms with van der Waals surface area (Å²) in [6.45, 7) is 4.13. The predicted molar refractivity (Wildman–Crippen MR) is 71.0 cm³/mol. The molecule has 0 saturated carbocycles. The van der Waals surface area contributed by atoms with E-state index in [9.17, 15) is 4.39 Å². The first-order chi connectivity index (χ1) is 9.13. The van der Waals surface area contributed by atoms with Crippen LogP contribution in [0.1, 0.15) is 18.1 Å². The van der Waals surface area contributed by atoms with Gasteiger partial charge in [-0.2, -0.15) is 0 Å². The first kappa shape index (κ1) is 14.4. The van der Waals surface area contributed by atoms with Crippen LogP contribution in [0.15, 0.2) is 18.2 Å². The summed E-state index contributed by atoms with van der Waals surface area (Å²) in [5, 5.41) is 9.16. The van der Waals surface area contributed by atoms with Crippen molar-refractivity contribution < 1.29 is 14.2 Å². The topological polar surface area (TPSA) is 58.7 Å². The van der Waals surface area contributed by atoms with Gasteiger partial charge in [0, 0.05) is 31.2 Å². The fourth-order valence-electron chi connectivity index (χ4n) is 2.30. The average molecular weight is 268 g/mol. The van der Waals surface area contributed by atoms with E-state index in [4.69, 9.17) is 15.6 Å². The maximum atomic E-state index is 13.8. The number of ether oxygens (including phenoxy) is 1. The monoisotopic (exact) mass is 268 g/mol. The van der Waals surface area contributed by atoms with E-state index in [1.807, 2.05) is 13.0 Å². The van der Waals surface area contributed by atoms with Crippen LogP contribution >= 0.6 is 0 Å². The molecule has 1 aromatic rings. The molecule has 0 spiro atoms. The fraction of sp³-hybridized carbons (Fsp3) is 0.571. The Balaban J connectivity index is 2.10. The van der Waals surface area contributed by atoms with Gasteiger partial charge in [0.25, 0.3) is 0 Å². The van der Waals surface area contributed by atoms with E-state index in [1.54, 1.807) is 6.07 Å². The summed E-state index contributed by atoms with van der Waals surface area (Å²) in [7, 11) is 0. The van der Waals surface area contributed by atoms with Crippen LogP contribution in [-0.4, -0.2) is 41.9 Å². The van der Waals surface area contributed by atoms with Crippen molar-refractivity contribution in [3.8, 4) is 0 Å². The van der Waals surface area contributed by atoms with Gasteiger partial charge in [0.2, 0.25) is 0 Å². The quantitative estimate of drug-likeness (QED) is 0.850. The van der Waals surface area contributed by atoms with Gasteiger partial charge in [-0.15, -0.1) is 0 Å². The largest absolute Gasteiger partial charge is 0.394 e. The number of hydrogen-bond acceptors (Lipinski definition) is 4. The van der Waals surface area contributed by atoms with Crippen molar-refractivity contribution in [3.63, 3.8) is 0 Å². The molecule has 106 valence electrons. The van der Waals surface area contributed by atoms with E-state index in [-0.39, 0.29) is 24.6 Å². The number of benzene rings is 1. The predicted octanol–water partition coefficient (Wildman–Crippen LogP) is 0.866. The number of aliphatic hydroxyl groups is 1. The molecule has 19 heavy (non-hydrogen) atoms. The van der Waals surface area contributed by atoms with Crippen molar-refractivity contribution in [1.29, 1.82) is 0 Å². The molecule has 0 aliphatic carbocycles. The van der Waals surface area contributed by atoms with Gasteiger partial charge in [0.05, 0.1) is 19.3 Å². The molecule has 1 aliphatic heterocycles. The van der Waals surface area contributed by atoms with Gasteiger partial charge < -0.3 is 15.6 Å². The smallest absolute Gasteiger partial charge is 0.127 e. The molecule has 0 amide bonds. The fourth-order valence-corrected chi connectivity index (χ4v) is 2.30. The van der Waals surface area contributed by atoms with Crippen LogP contribution in [0.3, 0.4) is 0 Å². The third-order valence-corrected chi connectivity index (χ3v) is 3.56. The van der Waals surface area contributed by atoms with E-state index in [0.717, 1.165) is 5.56 Å². The molecule has 5 heteroatoms. The molecule has 0 aromatic heterocycles. The van der Waals surface area contributed by atoms with Crippen LogP contribution in [-0.2, 0) is 17.8 Å². The summed E-state index contributed by atoms with van der Waals surface area (Å²) in [5.41, 5.74) is 7.16. The van der Waals surface area contributed by atoms with E-state index in [0.29, 0.717) is 31.8 Å². The first-order valence-corrected chi connectivity index (χ1v) is 6.58. The minimum atomic E-state index is -0.212. The van der Waals surface area contributed by atoms with Gasteiger partial charge in [0.15, 0.2) is 0 Å². The highest BCUT2D eigenvalue weighted by Gasteiger charge is 2.26. The normalized spacial score (nSPS) is 24.6. The summed E-state index contributed by atoms with van der Waals surface area (Å²) in [4.78, 5) is 2.13. The van der Waals surface area contributed by atoms with E-state index in [2.05, 4.69) is 4.90 Å². The third kappa shape index (κ3) is 3.51. The zero-order chi connectivity index (χ0) is 13.8. The molecule has 1 aromatic carbocycles. The molecule has 4 nitrogen and oxygen atoms in total. The number of morpholine rings is 1. The lowest BCUT2D eigenvalue weighted by Crippen LogP contribution is -2.48. The van der Waals surface area contributed by atoms with Crippen LogP contribution in [0.25, 0.3) is 0 Å². The van der Waals surface area contributed by atoms with Gasteiger partial charge in [-0.05, 0) is 18.6 Å². The summed E-state index contributed by atoms with van der Waals surface area (Å²) < 4.78 is 19.3. The molecule has 0 radical (unpaired) electrons. The maximum Gasteiger partial charge on any atom is 0.127 e. The van der Waals surface area contributed by atoms with Gasteiger partial charge in [-0.1, -0.05) is 12.1 Å². The Kier molecular flexibility index (Phi) is 4.87. The van der Waals surface area contributed by atoms with Crippen molar-refractivity contribution in [2.75, 3.05) is 19.8 Å². The number of halogens is 1. The van der Waals surface area contributed by atoms with Crippen molar-refractivity contribution >= 4 is 0 Å². The van der Waals surface area contributed by atoms with Crippen LogP contribution in [0.4, 0.5) is 4.39 Å². The molecule has 2 atom stereocenters. The van der Waals surface area contributed by atoms with Crippen molar-refractivity contribution in [2.45, 2.75) is 32.2 Å². The highest BCUT2D eigenvalue weighted by atomic mass is 19.1. The van der Waals surface area contributed by atoms with E-state index in [1.165, 1.54) is 6.07 Å². The van der Waals surface area contributed by atoms with Crippen LogP contribution in [0.2, 0.25) is 0 Å². The Labute approximate surface area is 113 Å². The Bertz CT molecular complexity index is 428. The maximum absolute atomic E-state index is 13.8. The number of aliphatic hydroxyl groups excluding tert-OH is 1. The molecule has 1 aliphatic rings. The number of hydrogen-bond donors (Lipinski definition) is 2. The summed E-state index contributed by atoms with van der Waals surface area (Å²) in [6.07, 6.45) is -0.183. The molecule has 2 rings (SSSR count). The van der Waals surface area contributed by atoms with Crippen molar-refractivity contribution in [3.05, 3.63) is 35.1 Å². The first-order valence-electron chi connectivity index (χ1n) is 6.58. The van der Waals surface area contributed by atoms with Crippen molar-refractivity contribution in [2.24, 2.45) is 5.73 Å². The lowest BCUT2D eigenvalue weighted by Gasteiger charge is -2.37. The second-order valence-corrected chi connectivity index (χ2v) is 5.05. The van der Waals surface area contributed by atoms with Gasteiger partial charge in [-0.3, -0.25) is 4.90 Å². The standard InChI is InChI=1S/C14H21FN2O2/c1-10-9-19-13(8-18)7-17(10)6-12-4-11(5-16)2-3-14(12)15/h2-4,10,13,18H,5-9,16H2,1H3. The van der Waals surface area contributed by atoms with E-state index >= 15 is 0 Å². The van der Waals surface area contributed by atoms with Crippen LogP contribution < -0.4 is 5.73 Å². The lowest BCUT2D eigenvalue weighted by molar-refractivity contribution is -0.0807. The van der Waals surface area contributed by atoms with Crippen LogP contribution in [0.5, 0.6) is 0 Å². The molecular weight excluding hydrogens is 247 g/mol. The second kappa shape index (κ2) is 6.43. The lowest BCUT2D eigenvalue weighted by atomic mass is 10.1. The Morgan fingerprint density at radius 1 is 1.53 bits per heavy atom. The molecule has 1 heterocycles. The molecule has 3 N–H and O–H groups in total. The molecular formula is C14H21FN2O2. The number of rotatable bonds is 4. The van der Waals surface area contributed by atoms with Crippen LogP contribution in [0, 0.1) is 5.82 Å². The molecule has 1 saturated heterocycles. The highest BCUT2D eigenvalue weighted by Crippen LogP contribution is 2.18. The minimum Gasteiger partial charge on any atom is -0.394 e. The van der Waals surface area contributed by atoms with Gasteiger partial charge in [-0.25, -0.2) is 4.39 Å². The summed E-state index contributed by atoms with van der Waals surface area (Å²) >= 11 is 0. The van der Waals surface area contributed by atoms with Gasteiger partial charge in [0.1, 0.15) is 5.82 Å². The second-order valence-electron chi connectivity index (χ2n) is 5.05. The Morgan fingerprint density at radius 3 is 3.00 bits per heavy atom. The Morgan fingerprint density at radius 2 is 2.32 bits per heavy atom. The summed E-state index contributed by atoms with van der Waals surface area (Å²) in [5.74, 6) is -0.212. The molecule has 0 bridgehead atoms. The van der Waals surface area contributed by atoms with Crippen molar-refractivity contribution in [1.82, 2.24) is 4.90 Å².